The molecule has 1 heterocycles. The zero-order valence-electron chi connectivity index (χ0n) is 10.3. The lowest BCUT2D eigenvalue weighted by atomic mass is 10.1. The maximum Gasteiger partial charge on any atom is 0.141 e. The van der Waals surface area contributed by atoms with Crippen LogP contribution < -0.4 is 10.5 Å². The minimum Gasteiger partial charge on any atom is -0.489 e. The molecule has 0 aliphatic heterocycles. The van der Waals surface area contributed by atoms with Crippen LogP contribution in [0.4, 0.5) is 8.78 Å². The van der Waals surface area contributed by atoms with E-state index in [2.05, 4.69) is 4.98 Å². The van der Waals surface area contributed by atoms with E-state index in [4.69, 9.17) is 10.5 Å². The predicted molar refractivity (Wildman–Crippen MR) is 67.7 cm³/mol. The molecule has 0 unspecified atom stereocenters. The Hall–Kier alpha value is -2.01. The first kappa shape index (κ1) is 13.4. The van der Waals surface area contributed by atoms with E-state index in [-0.39, 0.29) is 12.4 Å². The van der Waals surface area contributed by atoms with Crippen molar-refractivity contribution in [2.24, 2.45) is 5.73 Å². The highest BCUT2D eigenvalue weighted by atomic mass is 19.1. The van der Waals surface area contributed by atoms with Gasteiger partial charge in [-0.1, -0.05) is 0 Å². The zero-order chi connectivity index (χ0) is 13.7. The van der Waals surface area contributed by atoms with Gasteiger partial charge in [-0.2, -0.15) is 0 Å². The summed E-state index contributed by atoms with van der Waals surface area (Å²) in [5.74, 6) is -0.193. The monoisotopic (exact) mass is 264 g/mol. The Labute approximate surface area is 110 Å². The maximum atomic E-state index is 13.1. The minimum atomic E-state index is -0.414. The molecule has 2 N–H and O–H groups in total. The van der Waals surface area contributed by atoms with Gasteiger partial charge in [0.2, 0.25) is 0 Å². The van der Waals surface area contributed by atoms with Gasteiger partial charge in [0, 0.05) is 11.8 Å². The van der Waals surface area contributed by atoms with Crippen LogP contribution in [0.1, 0.15) is 11.1 Å². The van der Waals surface area contributed by atoms with Crippen molar-refractivity contribution in [1.29, 1.82) is 0 Å². The van der Waals surface area contributed by atoms with E-state index < -0.39 is 5.82 Å². The molecule has 0 spiro atoms. The number of hydrogen-bond donors (Lipinski definition) is 1. The fraction of sp³-hybridized carbons (Fsp3) is 0.214. The Kier molecular flexibility index (Phi) is 4.41. The number of benzene rings is 1. The lowest BCUT2D eigenvalue weighted by Gasteiger charge is -2.11. The first-order chi connectivity index (χ1) is 9.19. The van der Waals surface area contributed by atoms with Crippen molar-refractivity contribution in [3.8, 4) is 5.75 Å². The number of nitrogens with two attached hydrogens (primary N) is 1. The molecule has 0 fully saturated rings. The number of aromatic nitrogens is 1. The highest BCUT2D eigenvalue weighted by Crippen LogP contribution is 2.21. The lowest BCUT2D eigenvalue weighted by Crippen LogP contribution is -2.06. The van der Waals surface area contributed by atoms with Crippen LogP contribution in [0.3, 0.4) is 0 Å². The van der Waals surface area contributed by atoms with Crippen LogP contribution >= 0.6 is 0 Å². The number of pyridine rings is 1. The summed E-state index contributed by atoms with van der Waals surface area (Å²) in [6.07, 6.45) is 3.17. The summed E-state index contributed by atoms with van der Waals surface area (Å²) in [6, 6.07) is 5.61. The van der Waals surface area contributed by atoms with Crippen molar-refractivity contribution >= 4 is 0 Å². The van der Waals surface area contributed by atoms with Crippen LogP contribution in [-0.2, 0) is 13.0 Å². The van der Waals surface area contributed by atoms with Gasteiger partial charge in [-0.3, -0.25) is 4.98 Å². The highest BCUT2D eigenvalue weighted by molar-refractivity contribution is 5.34. The van der Waals surface area contributed by atoms with E-state index in [0.29, 0.717) is 29.8 Å². The van der Waals surface area contributed by atoms with Crippen molar-refractivity contribution < 1.29 is 13.5 Å². The predicted octanol–water partition coefficient (Wildman–Crippen LogP) is 2.44. The molecule has 0 bridgehead atoms. The van der Waals surface area contributed by atoms with Gasteiger partial charge in [-0.05, 0) is 42.8 Å². The van der Waals surface area contributed by atoms with Gasteiger partial charge in [0.1, 0.15) is 24.0 Å². The van der Waals surface area contributed by atoms with Gasteiger partial charge >= 0.3 is 0 Å². The normalized spacial score (nSPS) is 10.5. The van der Waals surface area contributed by atoms with E-state index in [9.17, 15) is 8.78 Å². The second-order valence-electron chi connectivity index (χ2n) is 4.09. The fourth-order valence-corrected chi connectivity index (χ4v) is 1.74. The van der Waals surface area contributed by atoms with Crippen molar-refractivity contribution in [3.05, 3.63) is 59.4 Å². The smallest absolute Gasteiger partial charge is 0.141 e. The van der Waals surface area contributed by atoms with Gasteiger partial charge in [-0.25, -0.2) is 8.78 Å². The molecular formula is C14H14F2N2O. The van der Waals surface area contributed by atoms with Crippen molar-refractivity contribution in [1.82, 2.24) is 4.98 Å². The van der Waals surface area contributed by atoms with E-state index >= 15 is 0 Å². The summed E-state index contributed by atoms with van der Waals surface area (Å²) in [6.45, 7) is 0.579. The second kappa shape index (κ2) is 6.24. The summed E-state index contributed by atoms with van der Waals surface area (Å²) in [5.41, 5.74) is 6.78. The Morgan fingerprint density at radius 3 is 2.68 bits per heavy atom. The van der Waals surface area contributed by atoms with Gasteiger partial charge in [0.15, 0.2) is 0 Å². The van der Waals surface area contributed by atoms with E-state index in [1.165, 1.54) is 24.4 Å². The highest BCUT2D eigenvalue weighted by Gasteiger charge is 2.06. The Balaban J connectivity index is 2.10. The molecule has 0 atom stereocenters. The first-order valence-electron chi connectivity index (χ1n) is 5.90. The maximum absolute atomic E-state index is 13.1. The third-order valence-corrected chi connectivity index (χ3v) is 2.59. The average Bonchev–Trinajstić information content (AvgIpc) is 2.38. The molecule has 5 heteroatoms. The van der Waals surface area contributed by atoms with Crippen LogP contribution in [0.5, 0.6) is 5.75 Å². The number of ether oxygens (including phenoxy) is 1. The third kappa shape index (κ3) is 3.72. The fourth-order valence-electron chi connectivity index (χ4n) is 1.74. The molecule has 0 saturated carbocycles. The van der Waals surface area contributed by atoms with E-state index in [0.717, 1.165) is 6.20 Å². The summed E-state index contributed by atoms with van der Waals surface area (Å²) in [7, 11) is 0. The molecule has 0 radical (unpaired) electrons. The van der Waals surface area contributed by atoms with E-state index in [1.807, 2.05) is 0 Å². The number of hydrogen-bond acceptors (Lipinski definition) is 3. The molecule has 0 aliphatic carbocycles. The topological polar surface area (TPSA) is 48.1 Å². The summed E-state index contributed by atoms with van der Waals surface area (Å²) >= 11 is 0. The van der Waals surface area contributed by atoms with Crippen LogP contribution in [0, 0.1) is 11.6 Å². The summed E-state index contributed by atoms with van der Waals surface area (Å²) < 4.78 is 31.6. The molecule has 0 aliphatic rings. The SMILES string of the molecule is NCCc1cc(F)ccc1OCc1cncc(F)c1. The molecule has 19 heavy (non-hydrogen) atoms. The molecule has 0 saturated heterocycles. The Morgan fingerprint density at radius 2 is 1.95 bits per heavy atom. The molecule has 1 aromatic heterocycles. The van der Waals surface area contributed by atoms with Gasteiger partial charge < -0.3 is 10.5 Å². The Bertz CT molecular complexity index is 561. The van der Waals surface area contributed by atoms with Crippen LogP contribution in [0.25, 0.3) is 0 Å². The number of nitrogens with zero attached hydrogens (tertiary/aromatic N) is 1. The number of rotatable bonds is 5. The van der Waals surface area contributed by atoms with Crippen LogP contribution in [-0.4, -0.2) is 11.5 Å². The standard InChI is InChI=1S/C14H14F2N2O/c15-12-1-2-14(11(6-12)3-4-17)19-9-10-5-13(16)8-18-7-10/h1-2,5-8H,3-4,9,17H2. The molecule has 1 aromatic carbocycles. The molecule has 2 aromatic rings. The average molecular weight is 264 g/mol. The quantitative estimate of drug-likeness (QED) is 0.902. The van der Waals surface area contributed by atoms with E-state index in [1.54, 1.807) is 6.07 Å². The first-order valence-corrected chi connectivity index (χ1v) is 5.90. The van der Waals surface area contributed by atoms with Gasteiger partial charge in [-0.15, -0.1) is 0 Å². The summed E-state index contributed by atoms with van der Waals surface area (Å²) in [5, 5.41) is 0. The van der Waals surface area contributed by atoms with Crippen LogP contribution in [0.15, 0.2) is 36.7 Å². The van der Waals surface area contributed by atoms with Crippen molar-refractivity contribution in [3.63, 3.8) is 0 Å². The number of halogens is 2. The minimum absolute atomic E-state index is 0.175. The molecule has 100 valence electrons. The van der Waals surface area contributed by atoms with Gasteiger partial charge in [0.25, 0.3) is 0 Å². The molecule has 3 nitrogen and oxygen atoms in total. The van der Waals surface area contributed by atoms with Crippen molar-refractivity contribution in [2.45, 2.75) is 13.0 Å². The van der Waals surface area contributed by atoms with Crippen LogP contribution in [0.2, 0.25) is 0 Å². The third-order valence-electron chi connectivity index (χ3n) is 2.59. The van der Waals surface area contributed by atoms with Gasteiger partial charge in [0.05, 0.1) is 6.20 Å². The molecule has 0 amide bonds. The largest absolute Gasteiger partial charge is 0.489 e. The molecular weight excluding hydrogens is 250 g/mol. The van der Waals surface area contributed by atoms with Crippen molar-refractivity contribution in [2.75, 3.05) is 6.54 Å². The molecule has 2 rings (SSSR count). The zero-order valence-corrected chi connectivity index (χ0v) is 10.3. The second-order valence-corrected chi connectivity index (χ2v) is 4.09. The lowest BCUT2D eigenvalue weighted by molar-refractivity contribution is 0.301. The Morgan fingerprint density at radius 1 is 1.11 bits per heavy atom. The summed E-state index contributed by atoms with van der Waals surface area (Å²) in [4.78, 5) is 3.73.